The molecule has 12 heteroatoms. The predicted molar refractivity (Wildman–Crippen MR) is 98.1 cm³/mol. The topological polar surface area (TPSA) is 169 Å². The number of imidazole rings is 1. The van der Waals surface area contributed by atoms with Gasteiger partial charge in [0.15, 0.2) is 17.7 Å². The Bertz CT molecular complexity index is 804. The number of nitrogens with two attached hydrogens (primary N) is 1. The lowest BCUT2D eigenvalue weighted by Crippen LogP contribution is -2.44. The number of aliphatic hydroxyl groups is 2. The van der Waals surface area contributed by atoms with Crippen molar-refractivity contribution in [3.8, 4) is 0 Å². The SMILES string of the molecule is CSCC[C@H](NC[C@H]1O[C@H](n2cnc3c(N)ncnc32)[C@H](O)[C@@H]1O)C(=O)O. The van der Waals surface area contributed by atoms with Gasteiger partial charge in [-0.25, -0.2) is 15.0 Å². The van der Waals surface area contributed by atoms with Gasteiger partial charge in [-0.2, -0.15) is 11.8 Å². The van der Waals surface area contributed by atoms with E-state index in [0.29, 0.717) is 23.3 Å². The van der Waals surface area contributed by atoms with Gasteiger partial charge in [0, 0.05) is 6.54 Å². The summed E-state index contributed by atoms with van der Waals surface area (Å²) in [5, 5.41) is 32.9. The molecular formula is C15H22N6O5S. The number of hydrogen-bond acceptors (Lipinski definition) is 10. The first-order valence-electron chi connectivity index (χ1n) is 8.33. The van der Waals surface area contributed by atoms with E-state index in [1.807, 2.05) is 6.26 Å². The van der Waals surface area contributed by atoms with E-state index < -0.39 is 36.6 Å². The molecule has 3 rings (SSSR count). The minimum absolute atomic E-state index is 0.0732. The normalized spacial score (nSPS) is 26.5. The molecule has 0 unspecified atom stereocenters. The number of carboxylic acids is 1. The standard InChI is InChI=1S/C15H22N6O5S/c1-27-3-2-7(15(24)25)17-4-8-10(22)11(23)14(26-8)21-6-20-9-12(16)18-5-19-13(9)21/h5-8,10-11,14,17,22-23H,2-4H2,1H3,(H,24,25)(H2,16,18,19)/t7-,8+,10+,11+,14-/m0/s1. The summed E-state index contributed by atoms with van der Waals surface area (Å²) in [4.78, 5) is 23.4. The number of aliphatic hydroxyl groups excluding tert-OH is 2. The predicted octanol–water partition coefficient (Wildman–Crippen LogP) is -1.18. The van der Waals surface area contributed by atoms with Crippen molar-refractivity contribution in [3.63, 3.8) is 0 Å². The Labute approximate surface area is 159 Å². The van der Waals surface area contributed by atoms with Crippen LogP contribution in [0.4, 0.5) is 5.82 Å². The zero-order valence-corrected chi connectivity index (χ0v) is 15.4. The average Bonchev–Trinajstić information content (AvgIpc) is 3.18. The summed E-state index contributed by atoms with van der Waals surface area (Å²) in [5.74, 6) is -0.0876. The molecule has 2 aromatic heterocycles. The smallest absolute Gasteiger partial charge is 0.320 e. The molecule has 148 valence electrons. The van der Waals surface area contributed by atoms with Crippen molar-refractivity contribution in [2.75, 3.05) is 24.3 Å². The van der Waals surface area contributed by atoms with Crippen LogP contribution >= 0.6 is 11.8 Å². The molecule has 0 aliphatic carbocycles. The molecule has 1 saturated heterocycles. The lowest BCUT2D eigenvalue weighted by atomic mass is 10.1. The highest BCUT2D eigenvalue weighted by Gasteiger charge is 2.44. The van der Waals surface area contributed by atoms with E-state index in [4.69, 9.17) is 10.5 Å². The number of nitrogens with zero attached hydrogens (tertiary/aromatic N) is 4. The first-order valence-corrected chi connectivity index (χ1v) is 9.73. The summed E-state index contributed by atoms with van der Waals surface area (Å²) in [7, 11) is 0. The third kappa shape index (κ3) is 3.99. The Kier molecular flexibility index (Phi) is 6.11. The Morgan fingerprint density at radius 3 is 2.89 bits per heavy atom. The van der Waals surface area contributed by atoms with Gasteiger partial charge in [-0.3, -0.25) is 9.36 Å². The number of rotatable bonds is 8. The number of ether oxygens (including phenoxy) is 1. The quantitative estimate of drug-likeness (QED) is 0.363. The highest BCUT2D eigenvalue weighted by atomic mass is 32.2. The maximum absolute atomic E-state index is 11.3. The van der Waals surface area contributed by atoms with E-state index in [-0.39, 0.29) is 12.4 Å². The molecule has 1 fully saturated rings. The number of carbonyl (C=O) groups is 1. The molecule has 0 amide bonds. The van der Waals surface area contributed by atoms with Crippen molar-refractivity contribution < 1.29 is 24.9 Å². The summed E-state index contributed by atoms with van der Waals surface area (Å²) in [5.41, 5.74) is 6.50. The second kappa shape index (κ2) is 8.35. The van der Waals surface area contributed by atoms with Crippen LogP contribution in [0.5, 0.6) is 0 Å². The van der Waals surface area contributed by atoms with Crippen LogP contribution in [0.1, 0.15) is 12.6 Å². The van der Waals surface area contributed by atoms with E-state index in [1.165, 1.54) is 17.2 Å². The molecule has 6 N–H and O–H groups in total. The summed E-state index contributed by atoms with van der Waals surface area (Å²) in [6, 6.07) is -0.758. The number of aromatic nitrogens is 4. The van der Waals surface area contributed by atoms with Crippen LogP contribution in [0.25, 0.3) is 11.2 Å². The number of fused-ring (bicyclic) bond motifs is 1. The zero-order chi connectivity index (χ0) is 19.6. The van der Waals surface area contributed by atoms with Gasteiger partial charge in [0.25, 0.3) is 0 Å². The number of hydrogen-bond donors (Lipinski definition) is 5. The van der Waals surface area contributed by atoms with Gasteiger partial charge >= 0.3 is 5.97 Å². The fourth-order valence-corrected chi connectivity index (χ4v) is 3.46. The minimum atomic E-state index is -1.24. The van der Waals surface area contributed by atoms with Gasteiger partial charge in [-0.15, -0.1) is 0 Å². The Balaban J connectivity index is 1.71. The molecule has 0 spiro atoms. The third-order valence-electron chi connectivity index (χ3n) is 4.47. The fourth-order valence-electron chi connectivity index (χ4n) is 2.99. The van der Waals surface area contributed by atoms with Crippen LogP contribution < -0.4 is 11.1 Å². The molecule has 1 aliphatic heterocycles. The van der Waals surface area contributed by atoms with Gasteiger partial charge in [0.2, 0.25) is 0 Å². The number of carboxylic acid groups (broad SMARTS) is 1. The molecule has 11 nitrogen and oxygen atoms in total. The van der Waals surface area contributed by atoms with E-state index in [9.17, 15) is 20.1 Å². The Morgan fingerprint density at radius 1 is 1.41 bits per heavy atom. The van der Waals surface area contributed by atoms with Gasteiger partial charge < -0.3 is 31.1 Å². The first kappa shape index (κ1) is 19.8. The molecule has 0 saturated carbocycles. The summed E-state index contributed by atoms with van der Waals surface area (Å²) in [6.07, 6.45) is 0.858. The number of thioether (sulfide) groups is 1. The molecule has 0 bridgehead atoms. The maximum Gasteiger partial charge on any atom is 0.320 e. The summed E-state index contributed by atoms with van der Waals surface area (Å²) >= 11 is 1.55. The highest BCUT2D eigenvalue weighted by molar-refractivity contribution is 7.98. The molecule has 5 atom stereocenters. The van der Waals surface area contributed by atoms with E-state index in [0.717, 1.165) is 0 Å². The Morgan fingerprint density at radius 2 is 2.19 bits per heavy atom. The van der Waals surface area contributed by atoms with Gasteiger partial charge in [-0.1, -0.05) is 0 Å². The minimum Gasteiger partial charge on any atom is -0.480 e. The van der Waals surface area contributed by atoms with Crippen molar-refractivity contribution in [2.24, 2.45) is 0 Å². The summed E-state index contributed by atoms with van der Waals surface area (Å²) < 4.78 is 7.25. The van der Waals surface area contributed by atoms with Crippen LogP contribution in [-0.2, 0) is 9.53 Å². The molecule has 2 aromatic rings. The maximum atomic E-state index is 11.3. The van der Waals surface area contributed by atoms with Crippen molar-refractivity contribution in [1.29, 1.82) is 0 Å². The molecule has 0 radical (unpaired) electrons. The average molecular weight is 398 g/mol. The molecular weight excluding hydrogens is 376 g/mol. The van der Waals surface area contributed by atoms with Gasteiger partial charge in [0.1, 0.15) is 36.2 Å². The fraction of sp³-hybridized carbons (Fsp3) is 0.600. The van der Waals surface area contributed by atoms with Crippen LogP contribution in [0.3, 0.4) is 0 Å². The van der Waals surface area contributed by atoms with Crippen molar-refractivity contribution in [3.05, 3.63) is 12.7 Å². The van der Waals surface area contributed by atoms with Gasteiger partial charge in [0.05, 0.1) is 6.33 Å². The second-order valence-corrected chi connectivity index (χ2v) is 7.20. The molecule has 1 aliphatic rings. The Hall–Kier alpha value is -1.99. The van der Waals surface area contributed by atoms with Crippen molar-refractivity contribution in [2.45, 2.75) is 37.0 Å². The van der Waals surface area contributed by atoms with Crippen molar-refractivity contribution >= 4 is 34.7 Å². The second-order valence-electron chi connectivity index (χ2n) is 6.21. The zero-order valence-electron chi connectivity index (χ0n) is 14.6. The van der Waals surface area contributed by atoms with Crippen LogP contribution in [-0.4, -0.2) is 83.7 Å². The number of aliphatic carboxylic acids is 1. The molecule has 3 heterocycles. The molecule has 27 heavy (non-hydrogen) atoms. The van der Waals surface area contributed by atoms with Crippen LogP contribution in [0.15, 0.2) is 12.7 Å². The first-order chi connectivity index (χ1) is 12.9. The highest BCUT2D eigenvalue weighted by Crippen LogP contribution is 2.31. The van der Waals surface area contributed by atoms with Crippen LogP contribution in [0.2, 0.25) is 0 Å². The van der Waals surface area contributed by atoms with E-state index in [1.54, 1.807) is 11.8 Å². The number of nitrogen functional groups attached to an aromatic ring is 1. The third-order valence-corrected chi connectivity index (χ3v) is 5.12. The van der Waals surface area contributed by atoms with E-state index in [2.05, 4.69) is 20.3 Å². The van der Waals surface area contributed by atoms with E-state index >= 15 is 0 Å². The van der Waals surface area contributed by atoms with Gasteiger partial charge in [-0.05, 0) is 18.4 Å². The largest absolute Gasteiger partial charge is 0.480 e. The number of anilines is 1. The van der Waals surface area contributed by atoms with Crippen LogP contribution in [0, 0.1) is 0 Å². The lowest BCUT2D eigenvalue weighted by Gasteiger charge is -2.19. The summed E-state index contributed by atoms with van der Waals surface area (Å²) in [6.45, 7) is 0.0732. The van der Waals surface area contributed by atoms with Crippen molar-refractivity contribution in [1.82, 2.24) is 24.8 Å². The molecule has 0 aromatic carbocycles. The lowest BCUT2D eigenvalue weighted by molar-refractivity contribution is -0.139. The monoisotopic (exact) mass is 398 g/mol. The number of nitrogens with one attached hydrogen (secondary N) is 1.